The smallest absolute Gasteiger partial charge is 0.332 e. The topological polar surface area (TPSA) is 101 Å². The zero-order valence-corrected chi connectivity index (χ0v) is 18.4. The van der Waals surface area contributed by atoms with Gasteiger partial charge in [0.2, 0.25) is 11.7 Å². The Kier molecular flexibility index (Phi) is 5.81. The molecule has 2 aromatic carbocycles. The van der Waals surface area contributed by atoms with Crippen molar-refractivity contribution < 1.29 is 14.0 Å². The molecule has 0 aliphatic heterocycles. The third-order valence-corrected chi connectivity index (χ3v) is 5.48. The number of fused-ring (bicyclic) bond motifs is 1. The molecule has 2 aromatic heterocycles. The van der Waals surface area contributed by atoms with E-state index in [4.69, 9.17) is 14.0 Å². The summed E-state index contributed by atoms with van der Waals surface area (Å²) in [6, 6.07) is 12.1. The zero-order chi connectivity index (χ0) is 22.8. The summed E-state index contributed by atoms with van der Waals surface area (Å²) in [5, 5.41) is 4.52. The van der Waals surface area contributed by atoms with Gasteiger partial charge in [0, 0.05) is 17.7 Å². The summed E-state index contributed by atoms with van der Waals surface area (Å²) in [5.74, 6) is 1.76. The van der Waals surface area contributed by atoms with Crippen LogP contribution in [0.3, 0.4) is 0 Å². The molecule has 32 heavy (non-hydrogen) atoms. The minimum atomic E-state index is -0.411. The van der Waals surface area contributed by atoms with Crippen molar-refractivity contribution in [2.24, 2.45) is 0 Å². The van der Waals surface area contributed by atoms with Gasteiger partial charge in [-0.05, 0) is 37.6 Å². The highest BCUT2D eigenvalue weighted by Crippen LogP contribution is 2.28. The van der Waals surface area contributed by atoms with E-state index in [2.05, 4.69) is 10.1 Å². The largest absolute Gasteiger partial charge is 0.497 e. The third kappa shape index (κ3) is 3.77. The fourth-order valence-corrected chi connectivity index (χ4v) is 3.57. The normalized spacial score (nSPS) is 12.1. The van der Waals surface area contributed by atoms with Crippen LogP contribution in [0, 0.1) is 0 Å². The predicted molar refractivity (Wildman–Crippen MR) is 119 cm³/mol. The molecule has 9 nitrogen and oxygen atoms in total. The van der Waals surface area contributed by atoms with Crippen LogP contribution in [0.5, 0.6) is 11.5 Å². The maximum absolute atomic E-state index is 13.3. The van der Waals surface area contributed by atoms with Crippen molar-refractivity contribution in [3.8, 4) is 22.9 Å². The number of aromatic nitrogens is 4. The van der Waals surface area contributed by atoms with Gasteiger partial charge in [0.15, 0.2) is 0 Å². The van der Waals surface area contributed by atoms with E-state index in [-0.39, 0.29) is 24.0 Å². The first-order valence-electron chi connectivity index (χ1n) is 10.3. The third-order valence-electron chi connectivity index (χ3n) is 5.48. The molecular weight excluding hydrogens is 412 g/mol. The van der Waals surface area contributed by atoms with E-state index in [0.717, 1.165) is 0 Å². The fourth-order valence-electron chi connectivity index (χ4n) is 3.57. The Hall–Kier alpha value is -3.88. The molecule has 0 amide bonds. The predicted octanol–water partition coefficient (Wildman–Crippen LogP) is 3.25. The molecule has 0 N–H and O–H groups in total. The van der Waals surface area contributed by atoms with E-state index in [9.17, 15) is 9.59 Å². The molecule has 166 valence electrons. The summed E-state index contributed by atoms with van der Waals surface area (Å²) in [7, 11) is 3.12. The number of nitrogens with zero attached hydrogens (tertiary/aromatic N) is 4. The molecule has 0 radical (unpaired) electrons. The van der Waals surface area contributed by atoms with Gasteiger partial charge in [0.1, 0.15) is 18.0 Å². The van der Waals surface area contributed by atoms with E-state index in [1.54, 1.807) is 56.7 Å². The molecule has 0 spiro atoms. The highest BCUT2D eigenvalue weighted by molar-refractivity contribution is 5.77. The molecule has 4 aromatic rings. The van der Waals surface area contributed by atoms with Gasteiger partial charge in [0.25, 0.3) is 5.56 Å². The molecule has 0 aliphatic carbocycles. The lowest BCUT2D eigenvalue weighted by molar-refractivity contribution is 0.367. The maximum Gasteiger partial charge on any atom is 0.332 e. The standard InChI is InChI=1S/C23H24N4O5/c1-5-14(2)27-22(28)18-8-6-7-9-19(18)26(23(27)29)13-20-24-21(25-32-20)15-10-16(30-3)12-17(11-15)31-4/h6-12,14H,5,13H2,1-4H3. The van der Waals surface area contributed by atoms with Crippen molar-refractivity contribution in [1.82, 2.24) is 19.3 Å². The van der Waals surface area contributed by atoms with Crippen LogP contribution < -0.4 is 20.7 Å². The summed E-state index contributed by atoms with van der Waals surface area (Å²) >= 11 is 0. The molecule has 0 bridgehead atoms. The highest BCUT2D eigenvalue weighted by Gasteiger charge is 2.19. The first-order chi connectivity index (χ1) is 15.5. The van der Waals surface area contributed by atoms with Gasteiger partial charge in [-0.3, -0.25) is 13.9 Å². The van der Waals surface area contributed by atoms with Gasteiger partial charge in [-0.1, -0.05) is 24.2 Å². The van der Waals surface area contributed by atoms with Crippen LogP contribution in [0.25, 0.3) is 22.3 Å². The van der Waals surface area contributed by atoms with E-state index in [0.29, 0.717) is 40.2 Å². The highest BCUT2D eigenvalue weighted by atomic mass is 16.5. The molecular formula is C23H24N4O5. The molecule has 4 rings (SSSR count). The van der Waals surface area contributed by atoms with Crippen LogP contribution in [-0.4, -0.2) is 33.5 Å². The van der Waals surface area contributed by atoms with Gasteiger partial charge in [0.05, 0.1) is 25.1 Å². The summed E-state index contributed by atoms with van der Waals surface area (Å²) in [4.78, 5) is 30.6. The molecule has 1 unspecified atom stereocenters. The Morgan fingerprint density at radius 1 is 1.06 bits per heavy atom. The number of methoxy groups -OCH3 is 2. The van der Waals surface area contributed by atoms with Crippen LogP contribution in [0.15, 0.2) is 56.6 Å². The minimum absolute atomic E-state index is 0.0319. The van der Waals surface area contributed by atoms with Crippen LogP contribution in [0.1, 0.15) is 32.2 Å². The number of hydrogen-bond acceptors (Lipinski definition) is 7. The van der Waals surface area contributed by atoms with E-state index in [1.807, 2.05) is 13.8 Å². The first kappa shape index (κ1) is 21.4. The first-order valence-corrected chi connectivity index (χ1v) is 10.3. The molecule has 0 aliphatic rings. The van der Waals surface area contributed by atoms with Crippen LogP contribution in [0.2, 0.25) is 0 Å². The molecule has 9 heteroatoms. The molecule has 0 saturated heterocycles. The van der Waals surface area contributed by atoms with Gasteiger partial charge in [-0.2, -0.15) is 4.98 Å². The number of hydrogen-bond donors (Lipinski definition) is 0. The summed E-state index contributed by atoms with van der Waals surface area (Å²) in [6.07, 6.45) is 0.649. The average Bonchev–Trinajstić information content (AvgIpc) is 3.30. The maximum atomic E-state index is 13.3. The summed E-state index contributed by atoms with van der Waals surface area (Å²) in [6.45, 7) is 3.82. The Morgan fingerprint density at radius 3 is 2.41 bits per heavy atom. The van der Waals surface area contributed by atoms with E-state index in [1.165, 1.54) is 9.13 Å². The van der Waals surface area contributed by atoms with Crippen molar-refractivity contribution in [3.05, 3.63) is 69.2 Å². The Balaban J connectivity index is 1.80. The number of benzene rings is 2. The Bertz CT molecular complexity index is 1360. The fraction of sp³-hybridized carbons (Fsp3) is 0.304. The Labute approximate surface area is 183 Å². The molecule has 1 atom stereocenters. The average molecular weight is 436 g/mol. The second-order valence-electron chi connectivity index (χ2n) is 7.43. The quantitative estimate of drug-likeness (QED) is 0.438. The van der Waals surface area contributed by atoms with Crippen molar-refractivity contribution in [2.45, 2.75) is 32.9 Å². The van der Waals surface area contributed by atoms with Crippen molar-refractivity contribution >= 4 is 10.9 Å². The van der Waals surface area contributed by atoms with Crippen LogP contribution in [-0.2, 0) is 6.54 Å². The van der Waals surface area contributed by atoms with Crippen LogP contribution in [0.4, 0.5) is 0 Å². The van der Waals surface area contributed by atoms with Gasteiger partial charge in [-0.25, -0.2) is 4.79 Å². The number of para-hydroxylation sites is 1. The lowest BCUT2D eigenvalue weighted by Gasteiger charge is -2.16. The monoisotopic (exact) mass is 436 g/mol. The van der Waals surface area contributed by atoms with E-state index < -0.39 is 5.69 Å². The SMILES string of the molecule is CCC(C)n1c(=O)c2ccccc2n(Cc2nc(-c3cc(OC)cc(OC)c3)no2)c1=O. The van der Waals surface area contributed by atoms with Crippen molar-refractivity contribution in [3.63, 3.8) is 0 Å². The Morgan fingerprint density at radius 2 is 1.75 bits per heavy atom. The second kappa shape index (κ2) is 8.70. The molecule has 0 saturated carbocycles. The summed E-state index contributed by atoms with van der Waals surface area (Å²) < 4.78 is 18.8. The summed E-state index contributed by atoms with van der Waals surface area (Å²) in [5.41, 5.74) is 0.458. The van der Waals surface area contributed by atoms with Crippen molar-refractivity contribution in [1.29, 1.82) is 0 Å². The lowest BCUT2D eigenvalue weighted by atomic mass is 10.2. The van der Waals surface area contributed by atoms with Crippen LogP contribution >= 0.6 is 0 Å². The number of rotatable bonds is 7. The second-order valence-corrected chi connectivity index (χ2v) is 7.43. The van der Waals surface area contributed by atoms with Gasteiger partial charge in [-0.15, -0.1) is 0 Å². The number of ether oxygens (including phenoxy) is 2. The molecule has 2 heterocycles. The van der Waals surface area contributed by atoms with Gasteiger partial charge >= 0.3 is 5.69 Å². The van der Waals surface area contributed by atoms with Gasteiger partial charge < -0.3 is 14.0 Å². The van der Waals surface area contributed by atoms with Crippen molar-refractivity contribution in [2.75, 3.05) is 14.2 Å². The minimum Gasteiger partial charge on any atom is -0.497 e. The zero-order valence-electron chi connectivity index (χ0n) is 18.4. The lowest BCUT2D eigenvalue weighted by Crippen LogP contribution is -2.41. The van der Waals surface area contributed by atoms with E-state index >= 15 is 0 Å². The molecule has 0 fully saturated rings.